The Balaban J connectivity index is 1.96. The first-order valence-corrected chi connectivity index (χ1v) is 8.83. The van der Waals surface area contributed by atoms with Crippen molar-refractivity contribution in [1.82, 2.24) is 20.2 Å². The number of halogens is 2. The molecule has 0 saturated carbocycles. The van der Waals surface area contributed by atoms with E-state index in [0.717, 1.165) is 5.69 Å². The number of rotatable bonds is 3. The molecular formula is C17H18BrFN4O3. The molecule has 1 aromatic heterocycles. The lowest BCUT2D eigenvalue weighted by Crippen LogP contribution is -2.50. The molecule has 0 unspecified atom stereocenters. The number of carbonyl (C=O) groups excluding carboxylic acids is 2. The maximum absolute atomic E-state index is 14.6. The normalized spacial score (nSPS) is 17.4. The number of benzene rings is 1. The average Bonchev–Trinajstić information content (AvgIpc) is 3.09. The van der Waals surface area contributed by atoms with Crippen LogP contribution >= 0.6 is 15.9 Å². The summed E-state index contributed by atoms with van der Waals surface area (Å²) in [4.78, 5) is 33.2. The summed E-state index contributed by atoms with van der Waals surface area (Å²) in [6, 6.07) is 2.70. The van der Waals surface area contributed by atoms with Crippen molar-refractivity contribution in [3.8, 4) is 0 Å². The third-order valence-corrected chi connectivity index (χ3v) is 4.83. The third kappa shape index (κ3) is 3.44. The van der Waals surface area contributed by atoms with Crippen molar-refractivity contribution in [2.75, 3.05) is 13.7 Å². The maximum atomic E-state index is 14.6. The summed E-state index contributed by atoms with van der Waals surface area (Å²) in [5, 5.41) is 2.60. The summed E-state index contributed by atoms with van der Waals surface area (Å²) in [5.41, 5.74) is 1.79. The van der Waals surface area contributed by atoms with Crippen LogP contribution in [0.3, 0.4) is 0 Å². The van der Waals surface area contributed by atoms with E-state index in [0.29, 0.717) is 28.7 Å². The second kappa shape index (κ2) is 7.45. The first kappa shape index (κ1) is 18.4. The first-order valence-electron chi connectivity index (χ1n) is 8.04. The number of aromatic amines is 1. The number of H-pyrrole nitrogens is 1. The van der Waals surface area contributed by atoms with Crippen LogP contribution < -0.4 is 5.32 Å². The Morgan fingerprint density at radius 1 is 1.50 bits per heavy atom. The SMILES string of the molecule is COC(=O)[C@H](C)NC(=O)N1CCc2[nH]cnc2[C@@H]1c1ccc(Br)cc1F. The summed E-state index contributed by atoms with van der Waals surface area (Å²) in [5.74, 6) is -0.999. The lowest BCUT2D eigenvalue weighted by atomic mass is 9.95. The van der Waals surface area contributed by atoms with Crippen LogP contribution in [0.4, 0.5) is 9.18 Å². The Morgan fingerprint density at radius 3 is 2.96 bits per heavy atom. The van der Waals surface area contributed by atoms with Crippen LogP contribution in [-0.2, 0) is 16.0 Å². The molecule has 0 bridgehead atoms. The smallest absolute Gasteiger partial charge is 0.328 e. The molecule has 1 aliphatic rings. The predicted molar refractivity (Wildman–Crippen MR) is 95.0 cm³/mol. The van der Waals surface area contributed by atoms with E-state index in [1.165, 1.54) is 31.3 Å². The molecule has 2 N–H and O–H groups in total. The summed E-state index contributed by atoms with van der Waals surface area (Å²) in [6.07, 6.45) is 2.09. The zero-order chi connectivity index (χ0) is 18.8. The molecule has 9 heteroatoms. The molecule has 26 heavy (non-hydrogen) atoms. The van der Waals surface area contributed by atoms with Gasteiger partial charge in [0.25, 0.3) is 0 Å². The minimum absolute atomic E-state index is 0.335. The lowest BCUT2D eigenvalue weighted by Gasteiger charge is -2.35. The Kier molecular flexibility index (Phi) is 5.26. The summed E-state index contributed by atoms with van der Waals surface area (Å²) in [6.45, 7) is 1.89. The zero-order valence-electron chi connectivity index (χ0n) is 14.3. The topological polar surface area (TPSA) is 87.3 Å². The van der Waals surface area contributed by atoms with Gasteiger partial charge in [-0.3, -0.25) is 0 Å². The Labute approximate surface area is 158 Å². The van der Waals surface area contributed by atoms with E-state index in [1.807, 2.05) is 0 Å². The molecule has 3 rings (SSSR count). The number of aromatic nitrogens is 2. The molecule has 2 atom stereocenters. The van der Waals surface area contributed by atoms with Crippen molar-refractivity contribution >= 4 is 27.9 Å². The van der Waals surface area contributed by atoms with Gasteiger partial charge in [0, 0.05) is 28.7 Å². The fraction of sp³-hybridized carbons (Fsp3) is 0.353. The van der Waals surface area contributed by atoms with Crippen molar-refractivity contribution in [3.05, 3.63) is 51.8 Å². The molecule has 1 aliphatic heterocycles. The molecule has 0 spiro atoms. The summed E-state index contributed by atoms with van der Waals surface area (Å²) < 4.78 is 19.9. The molecule has 2 aromatic rings. The number of esters is 1. The van der Waals surface area contributed by atoms with Crippen LogP contribution in [0.25, 0.3) is 0 Å². The molecule has 0 fully saturated rings. The van der Waals surface area contributed by atoms with Gasteiger partial charge in [-0.2, -0.15) is 0 Å². The number of imidazole rings is 1. The number of amides is 2. The Bertz CT molecular complexity index is 841. The number of hydrogen-bond donors (Lipinski definition) is 2. The van der Waals surface area contributed by atoms with E-state index in [2.05, 4.69) is 36.0 Å². The lowest BCUT2D eigenvalue weighted by molar-refractivity contribution is -0.142. The number of ether oxygens (including phenoxy) is 1. The number of urea groups is 1. The fourth-order valence-electron chi connectivity index (χ4n) is 3.04. The van der Waals surface area contributed by atoms with Crippen LogP contribution in [0.5, 0.6) is 0 Å². The van der Waals surface area contributed by atoms with E-state index in [9.17, 15) is 14.0 Å². The molecule has 2 amide bonds. The highest BCUT2D eigenvalue weighted by atomic mass is 79.9. The number of nitrogens with zero attached hydrogens (tertiary/aromatic N) is 2. The summed E-state index contributed by atoms with van der Waals surface area (Å²) >= 11 is 3.24. The monoisotopic (exact) mass is 424 g/mol. The van der Waals surface area contributed by atoms with Gasteiger partial charge in [0.15, 0.2) is 0 Å². The highest BCUT2D eigenvalue weighted by Crippen LogP contribution is 2.35. The first-order chi connectivity index (χ1) is 12.4. The molecule has 7 nitrogen and oxygen atoms in total. The molecule has 0 aliphatic carbocycles. The van der Waals surface area contributed by atoms with Gasteiger partial charge in [0.1, 0.15) is 17.9 Å². The maximum Gasteiger partial charge on any atom is 0.328 e. The number of fused-ring (bicyclic) bond motifs is 1. The summed E-state index contributed by atoms with van der Waals surface area (Å²) in [7, 11) is 1.25. The van der Waals surface area contributed by atoms with Crippen LogP contribution in [0, 0.1) is 5.82 Å². The van der Waals surface area contributed by atoms with Crippen molar-refractivity contribution in [3.63, 3.8) is 0 Å². The Morgan fingerprint density at radius 2 is 2.27 bits per heavy atom. The van der Waals surface area contributed by atoms with E-state index in [-0.39, 0.29) is 0 Å². The van der Waals surface area contributed by atoms with Crippen molar-refractivity contribution in [2.45, 2.75) is 25.4 Å². The largest absolute Gasteiger partial charge is 0.467 e. The zero-order valence-corrected chi connectivity index (χ0v) is 15.8. The quantitative estimate of drug-likeness (QED) is 0.741. The average molecular weight is 425 g/mol. The molecular weight excluding hydrogens is 407 g/mol. The van der Waals surface area contributed by atoms with Gasteiger partial charge in [-0.25, -0.2) is 19.0 Å². The Hall–Kier alpha value is -2.42. The van der Waals surface area contributed by atoms with Gasteiger partial charge in [0.05, 0.1) is 19.1 Å². The fourth-order valence-corrected chi connectivity index (χ4v) is 3.37. The van der Waals surface area contributed by atoms with E-state index in [4.69, 9.17) is 0 Å². The van der Waals surface area contributed by atoms with Gasteiger partial charge in [-0.05, 0) is 19.1 Å². The van der Waals surface area contributed by atoms with Gasteiger partial charge in [-0.15, -0.1) is 0 Å². The standard InChI is InChI=1S/C17H18BrFN4O3/c1-9(16(24)26-2)22-17(25)23-6-5-13-14(21-8-20-13)15(23)11-4-3-10(18)7-12(11)19/h3-4,7-9,15H,5-6H2,1-2H3,(H,20,21)(H,22,25)/t9-,15-/m0/s1. The second-order valence-corrected chi connectivity index (χ2v) is 6.89. The van der Waals surface area contributed by atoms with E-state index < -0.39 is 29.9 Å². The highest BCUT2D eigenvalue weighted by Gasteiger charge is 2.36. The molecule has 1 aromatic carbocycles. The van der Waals surface area contributed by atoms with Crippen LogP contribution in [0.15, 0.2) is 29.0 Å². The van der Waals surface area contributed by atoms with E-state index in [1.54, 1.807) is 12.1 Å². The number of methoxy groups -OCH3 is 1. The van der Waals surface area contributed by atoms with Gasteiger partial charge in [-0.1, -0.05) is 22.0 Å². The minimum atomic E-state index is -0.816. The molecule has 138 valence electrons. The number of hydrogen-bond acceptors (Lipinski definition) is 4. The number of carbonyl (C=O) groups is 2. The van der Waals surface area contributed by atoms with Crippen molar-refractivity contribution in [2.24, 2.45) is 0 Å². The number of nitrogens with one attached hydrogen (secondary N) is 2. The second-order valence-electron chi connectivity index (χ2n) is 5.97. The third-order valence-electron chi connectivity index (χ3n) is 4.34. The van der Waals surface area contributed by atoms with Crippen LogP contribution in [0.2, 0.25) is 0 Å². The van der Waals surface area contributed by atoms with Gasteiger partial charge < -0.3 is 19.9 Å². The molecule has 0 radical (unpaired) electrons. The molecule has 0 saturated heterocycles. The van der Waals surface area contributed by atoms with Gasteiger partial charge in [0.2, 0.25) is 0 Å². The minimum Gasteiger partial charge on any atom is -0.467 e. The molecule has 2 heterocycles. The van der Waals surface area contributed by atoms with E-state index >= 15 is 0 Å². The van der Waals surface area contributed by atoms with Crippen LogP contribution in [0.1, 0.15) is 29.9 Å². The van der Waals surface area contributed by atoms with Crippen molar-refractivity contribution in [1.29, 1.82) is 0 Å². The van der Waals surface area contributed by atoms with Crippen molar-refractivity contribution < 1.29 is 18.7 Å². The van der Waals surface area contributed by atoms with Crippen LogP contribution in [-0.4, -0.2) is 46.6 Å². The predicted octanol–water partition coefficient (Wildman–Crippen LogP) is 2.53. The van der Waals surface area contributed by atoms with Gasteiger partial charge >= 0.3 is 12.0 Å². The highest BCUT2D eigenvalue weighted by molar-refractivity contribution is 9.10.